The molecule has 0 aliphatic rings. The second kappa shape index (κ2) is 4.09. The Labute approximate surface area is 114 Å². The Morgan fingerprint density at radius 1 is 1.20 bits per heavy atom. The zero-order valence-corrected chi connectivity index (χ0v) is 12.0. The number of rotatable bonds is 2. The van der Waals surface area contributed by atoms with Crippen LogP contribution in [0.4, 0.5) is 0 Å². The lowest BCUT2D eigenvalue weighted by Gasteiger charge is -2.06. The van der Waals surface area contributed by atoms with E-state index in [0.29, 0.717) is 23.5 Å². The Hall–Kier alpha value is -2.31. The molecule has 0 spiro atoms. The summed E-state index contributed by atoms with van der Waals surface area (Å²) >= 11 is 0. The van der Waals surface area contributed by atoms with Crippen LogP contribution in [0, 0.1) is 6.92 Å². The lowest BCUT2D eigenvalue weighted by Crippen LogP contribution is -2.39. The zero-order chi connectivity index (χ0) is 14.6. The second-order valence-electron chi connectivity index (χ2n) is 5.08. The van der Waals surface area contributed by atoms with Gasteiger partial charge in [0.2, 0.25) is 5.78 Å². The van der Waals surface area contributed by atoms with E-state index in [2.05, 4.69) is 4.98 Å². The van der Waals surface area contributed by atoms with Crippen molar-refractivity contribution in [2.45, 2.75) is 26.8 Å². The van der Waals surface area contributed by atoms with Gasteiger partial charge in [-0.1, -0.05) is 6.92 Å². The molecule has 3 heterocycles. The lowest BCUT2D eigenvalue weighted by molar-refractivity contribution is 0.592. The van der Waals surface area contributed by atoms with Crippen LogP contribution >= 0.6 is 0 Å². The molecule has 0 saturated heterocycles. The smallest absolute Gasteiger partial charge is 0.317 e. The van der Waals surface area contributed by atoms with Crippen molar-refractivity contribution < 1.29 is 0 Å². The van der Waals surface area contributed by atoms with Gasteiger partial charge in [0.05, 0.1) is 0 Å². The van der Waals surface area contributed by atoms with E-state index >= 15 is 0 Å². The van der Waals surface area contributed by atoms with Gasteiger partial charge in [0, 0.05) is 32.5 Å². The molecule has 7 heteroatoms. The van der Waals surface area contributed by atoms with Crippen LogP contribution in [0.3, 0.4) is 0 Å². The number of hydrogen-bond donors (Lipinski definition) is 0. The molecule has 3 aromatic heterocycles. The fourth-order valence-electron chi connectivity index (χ4n) is 2.54. The maximum Gasteiger partial charge on any atom is 0.332 e. The van der Waals surface area contributed by atoms with Crippen molar-refractivity contribution in [1.29, 1.82) is 0 Å². The van der Waals surface area contributed by atoms with Crippen molar-refractivity contribution in [2.24, 2.45) is 14.1 Å². The summed E-state index contributed by atoms with van der Waals surface area (Å²) in [5.41, 5.74) is 1.30. The van der Waals surface area contributed by atoms with Crippen LogP contribution in [-0.2, 0) is 20.6 Å². The van der Waals surface area contributed by atoms with Crippen molar-refractivity contribution in [1.82, 2.24) is 23.1 Å². The summed E-state index contributed by atoms with van der Waals surface area (Å²) in [6.45, 7) is 4.31. The molecular weight excluding hydrogens is 258 g/mol. The van der Waals surface area contributed by atoms with Gasteiger partial charge >= 0.3 is 5.69 Å². The predicted octanol–water partition coefficient (Wildman–Crippen LogP) is 0.405. The third-order valence-corrected chi connectivity index (χ3v) is 3.75. The Kier molecular flexibility index (Phi) is 2.60. The molecular formula is C13H17N5O2. The zero-order valence-electron chi connectivity index (χ0n) is 12.0. The Bertz CT molecular complexity index is 938. The minimum atomic E-state index is -0.315. The molecule has 0 N–H and O–H groups in total. The van der Waals surface area contributed by atoms with Crippen molar-refractivity contribution in [3.05, 3.63) is 32.7 Å². The molecule has 3 aromatic rings. The van der Waals surface area contributed by atoms with E-state index in [1.165, 1.54) is 9.13 Å². The van der Waals surface area contributed by atoms with Crippen molar-refractivity contribution in [3.8, 4) is 0 Å². The highest BCUT2D eigenvalue weighted by molar-refractivity contribution is 5.75. The third-order valence-electron chi connectivity index (χ3n) is 3.75. The first-order valence-corrected chi connectivity index (χ1v) is 6.61. The first-order valence-electron chi connectivity index (χ1n) is 6.61. The van der Waals surface area contributed by atoms with Gasteiger partial charge in [-0.3, -0.25) is 18.3 Å². The summed E-state index contributed by atoms with van der Waals surface area (Å²) in [4.78, 5) is 29.2. The van der Waals surface area contributed by atoms with Gasteiger partial charge in [-0.25, -0.2) is 4.79 Å². The largest absolute Gasteiger partial charge is 0.332 e. The van der Waals surface area contributed by atoms with Crippen LogP contribution in [0.15, 0.2) is 15.8 Å². The van der Waals surface area contributed by atoms with Gasteiger partial charge in [0.25, 0.3) is 5.56 Å². The summed E-state index contributed by atoms with van der Waals surface area (Å²) in [6, 6.07) is 0. The van der Waals surface area contributed by atoms with Crippen molar-refractivity contribution >= 4 is 16.9 Å². The summed E-state index contributed by atoms with van der Waals surface area (Å²) in [6.07, 6.45) is 2.60. The van der Waals surface area contributed by atoms with Gasteiger partial charge < -0.3 is 4.57 Å². The predicted molar refractivity (Wildman–Crippen MR) is 76.2 cm³/mol. The molecule has 7 nitrogen and oxygen atoms in total. The highest BCUT2D eigenvalue weighted by Gasteiger charge is 2.18. The number of aryl methyl sites for hydroxylation is 3. The fraction of sp³-hybridized carbons (Fsp3) is 0.462. The molecule has 0 saturated carbocycles. The maximum absolute atomic E-state index is 12.6. The van der Waals surface area contributed by atoms with E-state index in [4.69, 9.17) is 0 Å². The van der Waals surface area contributed by atoms with E-state index < -0.39 is 0 Å². The molecule has 106 valence electrons. The summed E-state index contributed by atoms with van der Waals surface area (Å²) < 4.78 is 6.38. The topological polar surface area (TPSA) is 66.2 Å². The quantitative estimate of drug-likeness (QED) is 0.680. The minimum Gasteiger partial charge on any atom is -0.317 e. The number of hydrogen-bond acceptors (Lipinski definition) is 3. The standard InChI is InChI=1S/C13H17N5O2/c1-5-6-17-11(19)9-10(16(4)13(17)20)14-12-15(3)8(2)7-18(9)12/h7H,5-6H2,1-4H3. The van der Waals surface area contributed by atoms with Gasteiger partial charge in [0.15, 0.2) is 11.2 Å². The van der Waals surface area contributed by atoms with Gasteiger partial charge in [-0.15, -0.1) is 0 Å². The number of fused-ring (bicyclic) bond motifs is 3. The number of aromatic nitrogens is 5. The summed E-state index contributed by atoms with van der Waals surface area (Å²) in [7, 11) is 3.54. The molecule has 0 fully saturated rings. The van der Waals surface area contributed by atoms with Crippen molar-refractivity contribution in [3.63, 3.8) is 0 Å². The van der Waals surface area contributed by atoms with E-state index in [9.17, 15) is 9.59 Å². The summed E-state index contributed by atoms with van der Waals surface area (Å²) in [5.74, 6) is 0.666. The molecule has 0 bridgehead atoms. The molecule has 0 aliphatic heterocycles. The van der Waals surface area contributed by atoms with Crippen LogP contribution in [0.5, 0.6) is 0 Å². The number of nitrogens with zero attached hydrogens (tertiary/aromatic N) is 5. The highest BCUT2D eigenvalue weighted by Crippen LogP contribution is 2.14. The van der Waals surface area contributed by atoms with Gasteiger partial charge in [0.1, 0.15) is 0 Å². The average Bonchev–Trinajstić information content (AvgIpc) is 2.91. The molecule has 0 aromatic carbocycles. The van der Waals surface area contributed by atoms with Crippen LogP contribution in [-0.4, -0.2) is 23.1 Å². The number of imidazole rings is 2. The average molecular weight is 275 g/mol. The molecule has 3 rings (SSSR count). The van der Waals surface area contributed by atoms with Gasteiger partial charge in [-0.05, 0) is 13.3 Å². The molecule has 0 atom stereocenters. The van der Waals surface area contributed by atoms with Crippen LogP contribution in [0.1, 0.15) is 19.0 Å². The molecule has 0 radical (unpaired) electrons. The monoisotopic (exact) mass is 275 g/mol. The van der Waals surface area contributed by atoms with Gasteiger partial charge in [-0.2, -0.15) is 4.98 Å². The molecule has 20 heavy (non-hydrogen) atoms. The van der Waals surface area contributed by atoms with Crippen LogP contribution in [0.25, 0.3) is 16.9 Å². The normalized spacial score (nSPS) is 11.8. The molecule has 0 amide bonds. The van der Waals surface area contributed by atoms with E-state index in [1.807, 2.05) is 31.7 Å². The SMILES string of the molecule is CCCn1c(=O)c2c(nc3n(C)c(C)cn23)n(C)c1=O. The van der Waals surface area contributed by atoms with Crippen molar-refractivity contribution in [2.75, 3.05) is 0 Å². The van der Waals surface area contributed by atoms with Crippen LogP contribution in [0.2, 0.25) is 0 Å². The van der Waals surface area contributed by atoms with E-state index in [0.717, 1.165) is 12.1 Å². The third kappa shape index (κ3) is 1.43. The van der Waals surface area contributed by atoms with E-state index in [-0.39, 0.29) is 11.2 Å². The highest BCUT2D eigenvalue weighted by atomic mass is 16.2. The molecule has 0 aliphatic carbocycles. The Morgan fingerprint density at radius 3 is 2.55 bits per heavy atom. The molecule has 0 unspecified atom stereocenters. The first kappa shape index (κ1) is 12.7. The Morgan fingerprint density at radius 2 is 1.90 bits per heavy atom. The minimum absolute atomic E-state index is 0.275. The summed E-state index contributed by atoms with van der Waals surface area (Å²) in [5, 5.41) is 0. The maximum atomic E-state index is 12.6. The van der Waals surface area contributed by atoms with Crippen LogP contribution < -0.4 is 11.2 Å². The fourth-order valence-corrected chi connectivity index (χ4v) is 2.54. The van der Waals surface area contributed by atoms with E-state index in [1.54, 1.807) is 11.4 Å². The Balaban J connectivity index is 2.59. The lowest BCUT2D eigenvalue weighted by atomic mass is 10.4. The second-order valence-corrected chi connectivity index (χ2v) is 5.08. The first-order chi connectivity index (χ1) is 9.47.